The van der Waals surface area contributed by atoms with Crippen LogP contribution in [0, 0.1) is 5.92 Å². The highest BCUT2D eigenvalue weighted by atomic mass is 35.5. The summed E-state index contributed by atoms with van der Waals surface area (Å²) < 4.78 is 10.7. The van der Waals surface area contributed by atoms with Gasteiger partial charge in [0.2, 0.25) is 0 Å². The number of unbranched alkanes of at least 4 members (excludes halogenated alkanes) is 3. The van der Waals surface area contributed by atoms with Crippen LogP contribution in [0.1, 0.15) is 86.6 Å². The maximum Gasteiger partial charge on any atom is 0.305 e. The minimum absolute atomic E-state index is 0.0437. The number of ether oxygens (including phenoxy) is 2. The molecule has 2 aliphatic rings. The average Bonchev–Trinajstić information content (AvgIpc) is 3.19. The molecular weight excluding hydrogens is 490 g/mol. The minimum atomic E-state index is -0.487. The van der Waals surface area contributed by atoms with Crippen LogP contribution < -0.4 is 0 Å². The summed E-state index contributed by atoms with van der Waals surface area (Å²) in [7, 11) is 0. The number of halogens is 1. The van der Waals surface area contributed by atoms with Crippen LogP contribution in [0.3, 0.4) is 0 Å². The highest BCUT2D eigenvalue weighted by molar-refractivity contribution is 6.21. The van der Waals surface area contributed by atoms with Crippen molar-refractivity contribution in [3.8, 4) is 0 Å². The molecule has 0 unspecified atom stereocenters. The van der Waals surface area contributed by atoms with Crippen molar-refractivity contribution in [2.24, 2.45) is 5.92 Å². The van der Waals surface area contributed by atoms with Crippen molar-refractivity contribution in [2.45, 2.75) is 82.1 Å². The van der Waals surface area contributed by atoms with E-state index in [1.165, 1.54) is 0 Å². The van der Waals surface area contributed by atoms with Crippen LogP contribution in [-0.2, 0) is 14.3 Å². The average molecular weight is 534 g/mol. The predicted octanol–water partition coefficient (Wildman–Crippen LogP) is 5.51. The number of carbonyl (C=O) groups excluding carboxylic acids is 2. The van der Waals surface area contributed by atoms with Gasteiger partial charge in [0.15, 0.2) is 5.78 Å². The van der Waals surface area contributed by atoms with Gasteiger partial charge in [-0.1, -0.05) is 56.2 Å². The molecule has 4 atom stereocenters. The van der Waals surface area contributed by atoms with Crippen LogP contribution >= 0.6 is 11.6 Å². The number of alkyl halides is 1. The van der Waals surface area contributed by atoms with Gasteiger partial charge in [0.1, 0.15) is 6.61 Å². The van der Waals surface area contributed by atoms with E-state index in [9.17, 15) is 14.7 Å². The van der Waals surface area contributed by atoms with Crippen molar-refractivity contribution < 1.29 is 24.2 Å². The molecule has 1 aromatic rings. The van der Waals surface area contributed by atoms with Crippen LogP contribution in [0.4, 0.5) is 0 Å². The largest absolute Gasteiger partial charge is 0.464 e. The van der Waals surface area contributed by atoms with Gasteiger partial charge < -0.3 is 14.6 Å². The molecular formula is C30H44ClNO5. The van der Waals surface area contributed by atoms with E-state index in [2.05, 4.69) is 24.0 Å². The number of hydrogen-bond acceptors (Lipinski definition) is 6. The van der Waals surface area contributed by atoms with Crippen LogP contribution in [0.25, 0.3) is 0 Å². The number of carbonyl (C=O) groups is 2. The molecule has 1 N–H and O–H groups in total. The zero-order chi connectivity index (χ0) is 26.5. The van der Waals surface area contributed by atoms with Crippen LogP contribution in [0.15, 0.2) is 36.4 Å². The van der Waals surface area contributed by atoms with E-state index in [1.807, 2.05) is 24.3 Å². The fourth-order valence-corrected chi connectivity index (χ4v) is 5.76. The number of nitrogens with zero attached hydrogens (tertiary/aromatic N) is 1. The molecule has 0 spiro atoms. The molecule has 0 bridgehead atoms. The highest BCUT2D eigenvalue weighted by Gasteiger charge is 2.41. The molecule has 0 aromatic heterocycles. The maximum absolute atomic E-state index is 12.4. The smallest absolute Gasteiger partial charge is 0.305 e. The Kier molecular flexibility index (Phi) is 13.1. The van der Waals surface area contributed by atoms with Crippen molar-refractivity contribution in [3.05, 3.63) is 47.5 Å². The van der Waals surface area contributed by atoms with Gasteiger partial charge in [-0.15, -0.1) is 11.6 Å². The minimum Gasteiger partial charge on any atom is -0.464 e. The molecule has 206 valence electrons. The van der Waals surface area contributed by atoms with Gasteiger partial charge in [-0.3, -0.25) is 14.5 Å². The second-order valence-corrected chi connectivity index (χ2v) is 10.8. The molecule has 7 heteroatoms. The Morgan fingerprint density at radius 1 is 1.11 bits per heavy atom. The van der Waals surface area contributed by atoms with Gasteiger partial charge in [-0.2, -0.15) is 0 Å². The fraction of sp³-hybridized carbons (Fsp3) is 0.667. The van der Waals surface area contributed by atoms with Gasteiger partial charge in [-0.25, -0.2) is 0 Å². The van der Waals surface area contributed by atoms with E-state index in [0.29, 0.717) is 25.9 Å². The third kappa shape index (κ3) is 9.82. The SMILES string of the molecule is CCCCCC(=O)c1ccc([C@@H]2[C@@H](CC=CCCCC(=O)OCCN3CCOCC3)[C@H](Cl)C[C@H]2O)cc1. The first-order valence-corrected chi connectivity index (χ1v) is 14.5. The molecule has 3 rings (SSSR count). The highest BCUT2D eigenvalue weighted by Crippen LogP contribution is 2.44. The first-order valence-electron chi connectivity index (χ1n) is 14.1. The summed E-state index contributed by atoms with van der Waals surface area (Å²) in [6.07, 6.45) is 10.7. The molecule has 0 radical (unpaired) electrons. The molecule has 1 aromatic carbocycles. The molecule has 2 fully saturated rings. The normalized spacial score (nSPS) is 24.5. The third-order valence-electron chi connectivity index (χ3n) is 7.53. The van der Waals surface area contributed by atoms with Gasteiger partial charge in [0, 0.05) is 49.3 Å². The van der Waals surface area contributed by atoms with E-state index in [1.54, 1.807) is 0 Å². The lowest BCUT2D eigenvalue weighted by Crippen LogP contribution is -2.38. The number of hydrogen-bond donors (Lipinski definition) is 1. The number of esters is 1. The van der Waals surface area contributed by atoms with Crippen LogP contribution in [0.5, 0.6) is 0 Å². The molecule has 37 heavy (non-hydrogen) atoms. The van der Waals surface area contributed by atoms with E-state index in [4.69, 9.17) is 21.1 Å². The third-order valence-corrected chi connectivity index (χ3v) is 8.03. The number of benzene rings is 1. The first-order chi connectivity index (χ1) is 18.0. The quantitative estimate of drug-likeness (QED) is 0.105. The van der Waals surface area contributed by atoms with E-state index >= 15 is 0 Å². The molecule has 6 nitrogen and oxygen atoms in total. The summed E-state index contributed by atoms with van der Waals surface area (Å²) in [5.74, 6) is 0.124. The number of allylic oxidation sites excluding steroid dienone is 2. The van der Waals surface area contributed by atoms with Crippen LogP contribution in [0.2, 0.25) is 0 Å². The molecule has 0 amide bonds. The standard InChI is InChI=1S/C30H44ClNO5/c1-2-3-6-10-27(33)23-12-14-24(15-13-23)30-25(26(31)22-28(30)34)9-7-4-5-8-11-29(35)37-21-18-32-16-19-36-20-17-32/h4,7,12-15,25-26,28,30,34H,2-3,5-6,8-11,16-22H2,1H3/t25-,26+,28+,30+/m0/s1. The Hall–Kier alpha value is -1.73. The second kappa shape index (κ2) is 16.3. The topological polar surface area (TPSA) is 76.1 Å². The van der Waals surface area contributed by atoms with E-state index in [-0.39, 0.29) is 29.0 Å². The number of aliphatic hydroxyl groups is 1. The Bertz CT molecular complexity index is 852. The predicted molar refractivity (Wildman–Crippen MR) is 147 cm³/mol. The molecule has 1 aliphatic carbocycles. The molecule has 1 saturated carbocycles. The van der Waals surface area contributed by atoms with Gasteiger partial charge in [-0.05, 0) is 43.6 Å². The van der Waals surface area contributed by atoms with E-state index < -0.39 is 6.10 Å². The Morgan fingerprint density at radius 2 is 1.86 bits per heavy atom. The summed E-state index contributed by atoms with van der Waals surface area (Å²) in [5, 5.41) is 10.6. The number of Topliss-reactive ketones (excluding diaryl/α,β-unsaturated/α-hetero) is 1. The van der Waals surface area contributed by atoms with Crippen molar-refractivity contribution in [2.75, 3.05) is 39.5 Å². The molecule has 1 aliphatic heterocycles. The Balaban J connectivity index is 1.39. The van der Waals surface area contributed by atoms with Gasteiger partial charge >= 0.3 is 5.97 Å². The lowest BCUT2D eigenvalue weighted by Gasteiger charge is -2.26. The van der Waals surface area contributed by atoms with E-state index in [0.717, 1.165) is 82.5 Å². The van der Waals surface area contributed by atoms with Crippen molar-refractivity contribution in [1.82, 2.24) is 4.90 Å². The van der Waals surface area contributed by atoms with Crippen molar-refractivity contribution in [1.29, 1.82) is 0 Å². The monoisotopic (exact) mass is 533 g/mol. The van der Waals surface area contributed by atoms with Crippen molar-refractivity contribution >= 4 is 23.4 Å². The zero-order valence-electron chi connectivity index (χ0n) is 22.3. The zero-order valence-corrected chi connectivity index (χ0v) is 23.0. The van der Waals surface area contributed by atoms with Crippen molar-refractivity contribution in [3.63, 3.8) is 0 Å². The number of aliphatic hydroxyl groups excluding tert-OH is 1. The fourth-order valence-electron chi connectivity index (χ4n) is 5.32. The number of rotatable bonds is 15. The lowest BCUT2D eigenvalue weighted by atomic mass is 9.85. The summed E-state index contributed by atoms with van der Waals surface area (Å²) in [6, 6.07) is 7.75. The summed E-state index contributed by atoms with van der Waals surface area (Å²) in [5.41, 5.74) is 1.78. The number of morpholine rings is 1. The summed E-state index contributed by atoms with van der Waals surface area (Å²) >= 11 is 6.64. The maximum atomic E-state index is 12.4. The molecule has 1 saturated heterocycles. The number of ketones is 1. The summed E-state index contributed by atoms with van der Waals surface area (Å²) in [4.78, 5) is 26.6. The lowest BCUT2D eigenvalue weighted by molar-refractivity contribution is -0.144. The first kappa shape index (κ1) is 29.8. The second-order valence-electron chi connectivity index (χ2n) is 10.3. The van der Waals surface area contributed by atoms with Crippen LogP contribution in [-0.4, -0.2) is 72.7 Å². The molecule has 1 heterocycles. The van der Waals surface area contributed by atoms with Gasteiger partial charge in [0.05, 0.1) is 19.3 Å². The summed E-state index contributed by atoms with van der Waals surface area (Å²) in [6.45, 7) is 6.62. The van der Waals surface area contributed by atoms with Gasteiger partial charge in [0.25, 0.3) is 0 Å². The Morgan fingerprint density at radius 3 is 2.59 bits per heavy atom. The Labute approximate surface area is 227 Å².